The van der Waals surface area contributed by atoms with Crippen molar-refractivity contribution >= 4 is 25.2 Å². The van der Waals surface area contributed by atoms with E-state index in [1.54, 1.807) is 0 Å². The quantitative estimate of drug-likeness (QED) is 0.599. The van der Waals surface area contributed by atoms with Crippen molar-refractivity contribution in [1.82, 2.24) is 0 Å². The van der Waals surface area contributed by atoms with Gasteiger partial charge in [0.25, 0.3) is 0 Å². The topological polar surface area (TPSA) is 29.6 Å². The molecule has 0 spiro atoms. The standard InChI is InChI=1S/C20H24O2Se/c1-13(2)15-10-9-14(3)11-17-20(22-17)19(21)18(12-15)23-16-7-5-4-6-8-16/h4-10,13,15,17-18,20H,3,11-12H2,1-2H3/t15-,17+,18?,20+/m0/s1. The van der Waals surface area contributed by atoms with Crippen LogP contribution in [-0.2, 0) is 9.53 Å². The Balaban J connectivity index is 1.83. The van der Waals surface area contributed by atoms with Crippen LogP contribution in [-0.4, -0.2) is 32.9 Å². The molecular weight excluding hydrogens is 351 g/mol. The van der Waals surface area contributed by atoms with Crippen molar-refractivity contribution < 1.29 is 9.53 Å². The van der Waals surface area contributed by atoms with Crippen LogP contribution in [0.1, 0.15) is 26.7 Å². The Kier molecular flexibility index (Phi) is 5.21. The summed E-state index contributed by atoms with van der Waals surface area (Å²) in [6.07, 6.45) is 5.97. The summed E-state index contributed by atoms with van der Waals surface area (Å²) >= 11 is 0.159. The van der Waals surface area contributed by atoms with Crippen LogP contribution in [0.15, 0.2) is 54.6 Å². The third-order valence-electron chi connectivity index (χ3n) is 4.59. The molecule has 0 amide bonds. The summed E-state index contributed by atoms with van der Waals surface area (Å²) in [7, 11) is 0. The van der Waals surface area contributed by atoms with E-state index in [1.807, 2.05) is 6.07 Å². The Morgan fingerprint density at radius 2 is 2.00 bits per heavy atom. The fourth-order valence-electron chi connectivity index (χ4n) is 3.02. The van der Waals surface area contributed by atoms with Crippen LogP contribution in [0.25, 0.3) is 0 Å². The van der Waals surface area contributed by atoms with Crippen LogP contribution in [0.4, 0.5) is 0 Å². The molecule has 0 saturated carbocycles. The second-order valence-electron chi connectivity index (χ2n) is 6.78. The predicted molar refractivity (Wildman–Crippen MR) is 95.1 cm³/mol. The molecule has 4 atom stereocenters. The fourth-order valence-corrected chi connectivity index (χ4v) is 5.57. The Hall–Kier alpha value is -1.15. The van der Waals surface area contributed by atoms with E-state index in [0.717, 1.165) is 18.4 Å². The number of carbonyl (C=O) groups excluding carboxylic acids is 1. The van der Waals surface area contributed by atoms with Gasteiger partial charge in [0, 0.05) is 0 Å². The van der Waals surface area contributed by atoms with Crippen LogP contribution < -0.4 is 4.46 Å². The zero-order valence-electron chi connectivity index (χ0n) is 13.8. The summed E-state index contributed by atoms with van der Waals surface area (Å²) in [6.45, 7) is 8.56. The minimum absolute atomic E-state index is 0.0596. The molecule has 1 heterocycles. The van der Waals surface area contributed by atoms with E-state index < -0.39 is 0 Å². The molecule has 1 unspecified atom stereocenters. The van der Waals surface area contributed by atoms with Gasteiger partial charge in [0.15, 0.2) is 0 Å². The van der Waals surface area contributed by atoms with Gasteiger partial charge in [-0.05, 0) is 0 Å². The predicted octanol–water partition coefficient (Wildman–Crippen LogP) is 3.32. The van der Waals surface area contributed by atoms with Gasteiger partial charge in [0.2, 0.25) is 0 Å². The Morgan fingerprint density at radius 1 is 1.26 bits per heavy atom. The number of hydrogen-bond acceptors (Lipinski definition) is 2. The molecule has 1 aliphatic heterocycles. The Labute approximate surface area is 145 Å². The molecule has 1 fully saturated rings. The van der Waals surface area contributed by atoms with Crippen LogP contribution >= 0.6 is 0 Å². The first-order chi connectivity index (χ1) is 11.0. The van der Waals surface area contributed by atoms with Gasteiger partial charge in [-0.1, -0.05) is 0 Å². The van der Waals surface area contributed by atoms with Gasteiger partial charge in [-0.25, -0.2) is 0 Å². The van der Waals surface area contributed by atoms with Crippen LogP contribution in [0.3, 0.4) is 0 Å². The molecule has 1 saturated heterocycles. The zero-order valence-corrected chi connectivity index (χ0v) is 15.5. The van der Waals surface area contributed by atoms with Crippen molar-refractivity contribution in [2.24, 2.45) is 11.8 Å². The van der Waals surface area contributed by atoms with Crippen molar-refractivity contribution in [2.75, 3.05) is 0 Å². The van der Waals surface area contributed by atoms with Gasteiger partial charge in [0.05, 0.1) is 0 Å². The molecule has 1 aromatic carbocycles. The molecule has 2 aliphatic rings. The maximum absolute atomic E-state index is 12.9. The summed E-state index contributed by atoms with van der Waals surface area (Å²) in [6, 6.07) is 10.4. The normalized spacial score (nSPS) is 31.1. The molecule has 3 rings (SSSR count). The van der Waals surface area contributed by atoms with E-state index in [4.69, 9.17) is 4.74 Å². The van der Waals surface area contributed by atoms with E-state index in [2.05, 4.69) is 56.8 Å². The van der Waals surface area contributed by atoms with E-state index in [1.165, 1.54) is 4.46 Å². The van der Waals surface area contributed by atoms with Gasteiger partial charge in [0.1, 0.15) is 0 Å². The number of ketones is 1. The molecular formula is C20H24O2Se. The van der Waals surface area contributed by atoms with Gasteiger partial charge in [-0.15, -0.1) is 0 Å². The number of Topliss-reactive ketones (excluding diaryl/α,β-unsaturated/α-hetero) is 1. The summed E-state index contributed by atoms with van der Waals surface area (Å²) in [5, 5.41) is 0. The third kappa shape index (κ3) is 4.23. The number of carbonyl (C=O) groups is 1. The van der Waals surface area contributed by atoms with E-state index >= 15 is 0 Å². The number of ether oxygens (including phenoxy) is 1. The van der Waals surface area contributed by atoms with Gasteiger partial charge in [-0.2, -0.15) is 0 Å². The number of fused-ring (bicyclic) bond motifs is 1. The Bertz CT molecular complexity index is 605. The second-order valence-corrected chi connectivity index (χ2v) is 9.46. The molecule has 2 nitrogen and oxygen atoms in total. The molecule has 23 heavy (non-hydrogen) atoms. The molecule has 122 valence electrons. The Morgan fingerprint density at radius 3 is 2.70 bits per heavy atom. The van der Waals surface area contributed by atoms with Gasteiger partial charge < -0.3 is 0 Å². The van der Waals surface area contributed by atoms with Crippen molar-refractivity contribution in [1.29, 1.82) is 0 Å². The molecule has 3 heteroatoms. The third-order valence-corrected chi connectivity index (χ3v) is 7.22. The van der Waals surface area contributed by atoms with E-state index in [9.17, 15) is 4.79 Å². The molecule has 0 N–H and O–H groups in total. The monoisotopic (exact) mass is 376 g/mol. The van der Waals surface area contributed by atoms with Crippen LogP contribution in [0, 0.1) is 11.8 Å². The number of epoxide rings is 1. The van der Waals surface area contributed by atoms with E-state index in [0.29, 0.717) is 17.6 Å². The molecule has 1 aliphatic carbocycles. The van der Waals surface area contributed by atoms with Crippen LogP contribution in [0.5, 0.6) is 0 Å². The van der Waals surface area contributed by atoms with E-state index in [-0.39, 0.29) is 32.0 Å². The van der Waals surface area contributed by atoms with Crippen molar-refractivity contribution in [2.45, 2.75) is 43.7 Å². The number of benzene rings is 1. The van der Waals surface area contributed by atoms with Crippen molar-refractivity contribution in [3.05, 3.63) is 54.6 Å². The first-order valence-corrected chi connectivity index (χ1v) is 10.2. The first-order valence-electron chi connectivity index (χ1n) is 8.31. The molecule has 0 radical (unpaired) electrons. The summed E-state index contributed by atoms with van der Waals surface area (Å²) in [5.74, 6) is 1.26. The maximum atomic E-state index is 12.9. The fraction of sp³-hybridized carbons (Fsp3) is 0.450. The van der Waals surface area contributed by atoms with Gasteiger partial charge >= 0.3 is 145 Å². The zero-order chi connectivity index (χ0) is 16.4. The second kappa shape index (κ2) is 7.17. The molecule has 1 aromatic rings. The van der Waals surface area contributed by atoms with Crippen molar-refractivity contribution in [3.8, 4) is 0 Å². The van der Waals surface area contributed by atoms with Crippen molar-refractivity contribution in [3.63, 3.8) is 0 Å². The van der Waals surface area contributed by atoms with Crippen LogP contribution in [0.2, 0.25) is 4.82 Å². The summed E-state index contributed by atoms with van der Waals surface area (Å²) < 4.78 is 6.96. The summed E-state index contributed by atoms with van der Waals surface area (Å²) in [5.41, 5.74) is 1.07. The number of hydrogen-bond donors (Lipinski definition) is 0. The number of allylic oxidation sites excluding steroid dienone is 2. The molecule has 0 aromatic heterocycles. The SMILES string of the molecule is C=C1C=C[C@H](C(C)C)CC([Se]c2ccccc2)C(=O)[C@@H]2O[C@@H]2C1. The molecule has 0 bridgehead atoms. The summed E-state index contributed by atoms with van der Waals surface area (Å²) in [4.78, 5) is 13.0. The number of rotatable bonds is 3. The first kappa shape index (κ1) is 16.7. The minimum atomic E-state index is -0.193. The average Bonchev–Trinajstić information content (AvgIpc) is 3.28. The van der Waals surface area contributed by atoms with Gasteiger partial charge in [-0.3, -0.25) is 0 Å². The average molecular weight is 375 g/mol.